The SMILES string of the molecule is CC(C)(C)[Si](OC[C@H]1N[C@H](CO)[C@@H](OCc2ccccc2)[C@@H]1OCc1ccccc1)(c1ccccc1)c1ccccc1. The predicted molar refractivity (Wildman–Crippen MR) is 171 cm³/mol. The number of hydrogen-bond donors (Lipinski definition) is 2. The van der Waals surface area contributed by atoms with Crippen LogP contribution in [0.25, 0.3) is 0 Å². The zero-order valence-corrected chi connectivity index (χ0v) is 25.9. The number of aliphatic hydroxyl groups excluding tert-OH is 1. The van der Waals surface area contributed by atoms with Crippen LogP contribution in [0.15, 0.2) is 121 Å². The van der Waals surface area contributed by atoms with Crippen LogP contribution in [0.2, 0.25) is 5.04 Å². The summed E-state index contributed by atoms with van der Waals surface area (Å²) in [5, 5.41) is 16.4. The minimum absolute atomic E-state index is 0.0552. The highest BCUT2D eigenvalue weighted by Crippen LogP contribution is 2.37. The first-order valence-corrected chi connectivity index (χ1v) is 16.8. The highest BCUT2D eigenvalue weighted by molar-refractivity contribution is 6.99. The fourth-order valence-corrected chi connectivity index (χ4v) is 10.7. The van der Waals surface area contributed by atoms with Gasteiger partial charge in [-0.3, -0.25) is 0 Å². The van der Waals surface area contributed by atoms with E-state index >= 15 is 0 Å². The molecule has 1 fully saturated rings. The summed E-state index contributed by atoms with van der Waals surface area (Å²) in [5.74, 6) is 0. The Labute approximate surface area is 251 Å². The first-order chi connectivity index (χ1) is 20.4. The topological polar surface area (TPSA) is 60.0 Å². The second-order valence-corrected chi connectivity index (χ2v) is 16.4. The van der Waals surface area contributed by atoms with Crippen LogP contribution in [0, 0.1) is 0 Å². The monoisotopic (exact) mass is 581 g/mol. The maximum Gasteiger partial charge on any atom is 0.261 e. The molecule has 4 atom stereocenters. The number of nitrogens with one attached hydrogen (secondary N) is 1. The molecule has 0 saturated carbocycles. The van der Waals surface area contributed by atoms with Gasteiger partial charge in [-0.05, 0) is 26.5 Å². The summed E-state index contributed by atoms with van der Waals surface area (Å²) in [5.41, 5.74) is 2.18. The van der Waals surface area contributed by atoms with Crippen LogP contribution in [0.1, 0.15) is 31.9 Å². The third-order valence-electron chi connectivity index (χ3n) is 8.21. The molecule has 1 aliphatic heterocycles. The quantitative estimate of drug-likeness (QED) is 0.229. The van der Waals surface area contributed by atoms with Crippen molar-refractivity contribution in [3.8, 4) is 0 Å². The van der Waals surface area contributed by atoms with Gasteiger partial charge in [0, 0.05) is 0 Å². The number of aliphatic hydroxyl groups is 1. The van der Waals surface area contributed by atoms with Gasteiger partial charge in [0.05, 0.1) is 38.5 Å². The van der Waals surface area contributed by atoms with Crippen molar-refractivity contribution in [2.24, 2.45) is 0 Å². The standard InChI is InChI=1S/C36H43NO4Si/c1-36(2,3)42(30-20-12-6-13-21-30,31-22-14-7-15-23-31)41-27-33-35(40-26-29-18-10-5-11-19-29)34(32(24-38)37-33)39-25-28-16-8-4-9-17-28/h4-23,32-35,37-38H,24-27H2,1-3H3/t32-,33-,34-,35-/m1/s1. The fraction of sp³-hybridized carbons (Fsp3) is 0.333. The normalized spacial score (nSPS) is 21.0. The Morgan fingerprint density at radius 1 is 0.619 bits per heavy atom. The summed E-state index contributed by atoms with van der Waals surface area (Å²) in [7, 11) is -2.76. The number of benzene rings is 4. The van der Waals surface area contributed by atoms with Crippen molar-refractivity contribution in [1.29, 1.82) is 0 Å². The van der Waals surface area contributed by atoms with Crippen LogP contribution in [0.3, 0.4) is 0 Å². The lowest BCUT2D eigenvalue weighted by Gasteiger charge is -2.43. The van der Waals surface area contributed by atoms with Gasteiger partial charge in [0.2, 0.25) is 0 Å². The summed E-state index contributed by atoms with van der Waals surface area (Å²) < 4.78 is 20.4. The van der Waals surface area contributed by atoms with Crippen molar-refractivity contribution < 1.29 is 19.0 Å². The van der Waals surface area contributed by atoms with Crippen LogP contribution in [-0.2, 0) is 27.1 Å². The number of rotatable bonds is 12. The first-order valence-electron chi connectivity index (χ1n) is 14.9. The molecule has 0 spiro atoms. The second kappa shape index (κ2) is 13.9. The van der Waals surface area contributed by atoms with Crippen LogP contribution < -0.4 is 15.7 Å². The van der Waals surface area contributed by atoms with Gasteiger partial charge < -0.3 is 24.3 Å². The molecule has 0 aromatic heterocycles. The Kier molecular flexibility index (Phi) is 10.1. The highest BCUT2D eigenvalue weighted by atomic mass is 28.4. The average molecular weight is 582 g/mol. The summed E-state index contributed by atoms with van der Waals surface area (Å²) >= 11 is 0. The summed E-state index contributed by atoms with van der Waals surface area (Å²) in [6.45, 7) is 8.12. The van der Waals surface area contributed by atoms with Gasteiger partial charge in [-0.1, -0.05) is 142 Å². The van der Waals surface area contributed by atoms with Crippen molar-refractivity contribution in [3.63, 3.8) is 0 Å². The van der Waals surface area contributed by atoms with Crippen LogP contribution in [0.5, 0.6) is 0 Å². The molecule has 0 amide bonds. The van der Waals surface area contributed by atoms with Gasteiger partial charge >= 0.3 is 0 Å². The Bertz CT molecular complexity index is 1310. The van der Waals surface area contributed by atoms with E-state index in [4.69, 9.17) is 13.9 Å². The zero-order chi connectivity index (χ0) is 29.4. The summed E-state index contributed by atoms with van der Waals surface area (Å²) in [6, 6.07) is 41.2. The molecule has 4 aromatic rings. The van der Waals surface area contributed by atoms with Crippen LogP contribution >= 0.6 is 0 Å². The van der Waals surface area contributed by atoms with Crippen molar-refractivity contribution in [2.45, 2.75) is 63.3 Å². The molecule has 1 aliphatic rings. The Balaban J connectivity index is 1.45. The molecule has 1 heterocycles. The largest absolute Gasteiger partial charge is 0.406 e. The lowest BCUT2D eigenvalue weighted by molar-refractivity contribution is -0.0851. The minimum Gasteiger partial charge on any atom is -0.406 e. The molecule has 220 valence electrons. The van der Waals surface area contributed by atoms with E-state index in [1.165, 1.54) is 10.4 Å². The molecular weight excluding hydrogens is 538 g/mol. The van der Waals surface area contributed by atoms with Crippen LogP contribution in [-0.4, -0.2) is 50.9 Å². The van der Waals surface area contributed by atoms with E-state index in [2.05, 4.69) is 111 Å². The van der Waals surface area contributed by atoms with Gasteiger partial charge in [0.25, 0.3) is 8.32 Å². The highest BCUT2D eigenvalue weighted by Gasteiger charge is 2.52. The fourth-order valence-electron chi connectivity index (χ4n) is 6.15. The minimum atomic E-state index is -2.76. The molecule has 0 aliphatic carbocycles. The molecule has 0 bridgehead atoms. The van der Waals surface area contributed by atoms with E-state index in [0.717, 1.165) is 11.1 Å². The third kappa shape index (κ3) is 6.75. The molecule has 5 rings (SSSR count). The molecular formula is C36H43NO4Si. The smallest absolute Gasteiger partial charge is 0.261 e. The second-order valence-electron chi connectivity index (χ2n) is 12.1. The van der Waals surface area contributed by atoms with E-state index in [0.29, 0.717) is 19.8 Å². The molecule has 2 N–H and O–H groups in total. The Morgan fingerprint density at radius 2 is 1.02 bits per heavy atom. The average Bonchev–Trinajstić information content (AvgIpc) is 3.37. The lowest BCUT2D eigenvalue weighted by Crippen LogP contribution is -2.67. The molecule has 0 unspecified atom stereocenters. The maximum atomic E-state index is 10.4. The van der Waals surface area contributed by atoms with Crippen molar-refractivity contribution in [3.05, 3.63) is 132 Å². The van der Waals surface area contributed by atoms with E-state index < -0.39 is 8.32 Å². The Morgan fingerprint density at radius 3 is 1.43 bits per heavy atom. The van der Waals surface area contributed by atoms with E-state index in [1.54, 1.807) is 0 Å². The third-order valence-corrected chi connectivity index (χ3v) is 13.2. The lowest BCUT2D eigenvalue weighted by atomic mass is 10.1. The Hall–Kier alpha value is -3.10. The van der Waals surface area contributed by atoms with Crippen molar-refractivity contribution in [1.82, 2.24) is 5.32 Å². The predicted octanol–water partition coefficient (Wildman–Crippen LogP) is 5.07. The molecule has 6 heteroatoms. The van der Waals surface area contributed by atoms with E-state index in [-0.39, 0.29) is 35.9 Å². The molecule has 1 saturated heterocycles. The van der Waals surface area contributed by atoms with Gasteiger partial charge in [-0.25, -0.2) is 0 Å². The summed E-state index contributed by atoms with van der Waals surface area (Å²) in [6.07, 6.45) is -0.657. The van der Waals surface area contributed by atoms with E-state index in [9.17, 15) is 5.11 Å². The maximum absolute atomic E-state index is 10.4. The molecule has 4 aromatic carbocycles. The first kappa shape index (κ1) is 30.4. The van der Waals surface area contributed by atoms with Gasteiger partial charge in [0.1, 0.15) is 12.2 Å². The van der Waals surface area contributed by atoms with Gasteiger partial charge in [0.15, 0.2) is 0 Å². The molecule has 0 radical (unpaired) electrons. The summed E-state index contributed by atoms with van der Waals surface area (Å²) in [4.78, 5) is 0. The van der Waals surface area contributed by atoms with E-state index in [1.807, 2.05) is 36.4 Å². The zero-order valence-electron chi connectivity index (χ0n) is 24.9. The van der Waals surface area contributed by atoms with Crippen molar-refractivity contribution in [2.75, 3.05) is 13.2 Å². The van der Waals surface area contributed by atoms with Gasteiger partial charge in [-0.15, -0.1) is 0 Å². The molecule has 42 heavy (non-hydrogen) atoms. The van der Waals surface area contributed by atoms with Gasteiger partial charge in [-0.2, -0.15) is 0 Å². The van der Waals surface area contributed by atoms with Crippen LogP contribution in [0.4, 0.5) is 0 Å². The number of hydrogen-bond acceptors (Lipinski definition) is 5. The number of ether oxygens (including phenoxy) is 2. The van der Waals surface area contributed by atoms with Crippen molar-refractivity contribution >= 4 is 18.7 Å². The molecule has 5 nitrogen and oxygen atoms in total.